The van der Waals surface area contributed by atoms with E-state index in [2.05, 4.69) is 15.5 Å². The highest BCUT2D eigenvalue weighted by Crippen LogP contribution is 2.39. The van der Waals surface area contributed by atoms with Crippen LogP contribution in [0.4, 0.5) is 11.4 Å². The molecule has 9 nitrogen and oxygen atoms in total. The van der Waals surface area contributed by atoms with E-state index in [0.29, 0.717) is 34.8 Å². The maximum Gasteiger partial charge on any atom is 0.243 e. The Morgan fingerprint density at radius 3 is 2.64 bits per heavy atom. The molecule has 4 rings (SSSR count). The molecule has 1 saturated heterocycles. The van der Waals surface area contributed by atoms with Crippen LogP contribution in [0.2, 0.25) is 5.02 Å². The zero-order valence-electron chi connectivity index (χ0n) is 17.9. The van der Waals surface area contributed by atoms with E-state index in [-0.39, 0.29) is 34.7 Å². The van der Waals surface area contributed by atoms with Crippen LogP contribution in [0.1, 0.15) is 5.56 Å². The summed E-state index contributed by atoms with van der Waals surface area (Å²) in [6.45, 7) is 3.17. The summed E-state index contributed by atoms with van der Waals surface area (Å²) in [5.41, 5.74) is 2.30. The smallest absolute Gasteiger partial charge is 0.243 e. The predicted molar refractivity (Wildman–Crippen MR) is 131 cm³/mol. The molecule has 1 fully saturated rings. The first kappa shape index (κ1) is 23.6. The lowest BCUT2D eigenvalue weighted by atomic mass is 10.2. The van der Waals surface area contributed by atoms with Gasteiger partial charge in [-0.1, -0.05) is 17.7 Å². The molecule has 0 saturated carbocycles. The lowest BCUT2D eigenvalue weighted by Gasteiger charge is -2.26. The Labute approximate surface area is 201 Å². The minimum absolute atomic E-state index is 0.0587. The summed E-state index contributed by atoms with van der Waals surface area (Å²) >= 11 is 11.4. The number of thiocarbonyl (C=S) groups is 1. The van der Waals surface area contributed by atoms with Crippen molar-refractivity contribution in [3.05, 3.63) is 47.0 Å². The molecule has 0 aliphatic carbocycles. The molecular formula is C21H22ClN5O4S2. The molecule has 0 atom stereocenters. The predicted octanol–water partition coefficient (Wildman–Crippen LogP) is 4.35. The Morgan fingerprint density at radius 1 is 1.21 bits per heavy atom. The molecule has 174 valence electrons. The van der Waals surface area contributed by atoms with Gasteiger partial charge in [-0.3, -0.25) is 0 Å². The van der Waals surface area contributed by atoms with Crippen LogP contribution in [0.25, 0.3) is 10.9 Å². The lowest BCUT2D eigenvalue weighted by Crippen LogP contribution is -2.40. The number of ether oxygens (including phenoxy) is 1. The van der Waals surface area contributed by atoms with Gasteiger partial charge in [0.1, 0.15) is 0 Å². The third-order valence-corrected chi connectivity index (χ3v) is 7.87. The number of rotatable bonds is 4. The number of aryl methyl sites for hydroxylation is 2. The maximum absolute atomic E-state index is 13.1. The molecule has 2 N–H and O–H groups in total. The minimum Gasteiger partial charge on any atom is -0.493 e. The van der Waals surface area contributed by atoms with E-state index in [1.165, 1.54) is 21.0 Å². The Morgan fingerprint density at radius 2 is 1.94 bits per heavy atom. The quantitative estimate of drug-likeness (QED) is 0.401. The second-order valence-electron chi connectivity index (χ2n) is 7.52. The number of fused-ring (bicyclic) bond motifs is 1. The monoisotopic (exact) mass is 507 g/mol. The molecule has 1 aliphatic heterocycles. The summed E-state index contributed by atoms with van der Waals surface area (Å²) in [4.78, 5) is 0.106. The molecule has 0 unspecified atom stereocenters. The second kappa shape index (κ2) is 9.35. The normalized spacial score (nSPS) is 15.4. The molecule has 0 spiro atoms. The second-order valence-corrected chi connectivity index (χ2v) is 10.3. The van der Waals surface area contributed by atoms with Crippen LogP contribution in [-0.2, 0) is 21.8 Å². The number of azo groups is 1. The lowest BCUT2D eigenvalue weighted by molar-refractivity contribution is 0.0730. The molecule has 1 aliphatic rings. The van der Waals surface area contributed by atoms with Crippen molar-refractivity contribution < 1.29 is 18.3 Å². The Kier molecular flexibility index (Phi) is 6.68. The first-order chi connectivity index (χ1) is 15.7. The number of nitrogens with zero attached hydrogens (tertiary/aromatic N) is 4. The number of anilines is 1. The standard InChI is InChI=1S/C21H22ClN5O4S2/c1-13-3-4-14(11-17(13)22)23-21(32)25-24-19-16-12-15(5-6-18(16)26(2)20(19)28)33(29,30)27-7-9-31-10-8-27/h3-6,11-12,28H,7-10H2,1-2H3,(H,23,32). The summed E-state index contributed by atoms with van der Waals surface area (Å²) in [5, 5.41) is 22.7. The highest BCUT2D eigenvalue weighted by Gasteiger charge is 2.27. The highest BCUT2D eigenvalue weighted by atomic mass is 35.5. The minimum atomic E-state index is -3.71. The van der Waals surface area contributed by atoms with Crippen LogP contribution in [0.5, 0.6) is 5.88 Å². The van der Waals surface area contributed by atoms with Crippen LogP contribution in [0, 0.1) is 6.92 Å². The molecule has 12 heteroatoms. The third-order valence-electron chi connectivity index (χ3n) is 5.39. The van der Waals surface area contributed by atoms with Gasteiger partial charge in [-0.2, -0.15) is 4.31 Å². The van der Waals surface area contributed by atoms with E-state index < -0.39 is 10.0 Å². The number of halogens is 1. The number of aromatic nitrogens is 1. The molecule has 3 aromatic rings. The largest absolute Gasteiger partial charge is 0.493 e. The highest BCUT2D eigenvalue weighted by molar-refractivity contribution is 7.89. The molecular weight excluding hydrogens is 486 g/mol. The van der Waals surface area contributed by atoms with Gasteiger partial charge in [-0.15, -0.1) is 10.2 Å². The van der Waals surface area contributed by atoms with E-state index in [9.17, 15) is 13.5 Å². The number of hydrogen-bond acceptors (Lipinski definition) is 6. The van der Waals surface area contributed by atoms with Crippen molar-refractivity contribution in [3.8, 4) is 5.88 Å². The van der Waals surface area contributed by atoms with Crippen molar-refractivity contribution in [1.82, 2.24) is 8.87 Å². The number of morpholine rings is 1. The van der Waals surface area contributed by atoms with Gasteiger partial charge in [0.15, 0.2) is 5.69 Å². The molecule has 1 aromatic heterocycles. The van der Waals surface area contributed by atoms with Crippen LogP contribution in [0.15, 0.2) is 51.5 Å². The molecule has 33 heavy (non-hydrogen) atoms. The van der Waals surface area contributed by atoms with Gasteiger partial charge in [-0.25, -0.2) is 8.42 Å². The Hall–Kier alpha value is -2.57. The van der Waals surface area contributed by atoms with Gasteiger partial charge >= 0.3 is 0 Å². The first-order valence-corrected chi connectivity index (χ1v) is 12.3. The average molecular weight is 508 g/mol. The van der Waals surface area contributed by atoms with E-state index in [0.717, 1.165) is 5.56 Å². The first-order valence-electron chi connectivity index (χ1n) is 10.1. The van der Waals surface area contributed by atoms with Crippen LogP contribution in [-0.4, -0.2) is 53.8 Å². The van der Waals surface area contributed by atoms with Crippen molar-refractivity contribution in [2.75, 3.05) is 31.6 Å². The number of hydrogen-bond donors (Lipinski definition) is 2. The van der Waals surface area contributed by atoms with Crippen molar-refractivity contribution in [3.63, 3.8) is 0 Å². The number of benzene rings is 2. The topological polar surface area (TPSA) is 109 Å². The van der Waals surface area contributed by atoms with E-state index >= 15 is 0 Å². The third kappa shape index (κ3) is 4.73. The molecule has 2 aromatic carbocycles. The zero-order valence-corrected chi connectivity index (χ0v) is 20.3. The van der Waals surface area contributed by atoms with Gasteiger partial charge in [0, 0.05) is 36.2 Å². The number of aromatic hydroxyl groups is 1. The Balaban J connectivity index is 1.65. The number of sulfonamides is 1. The van der Waals surface area contributed by atoms with Crippen molar-refractivity contribution >= 4 is 61.2 Å². The molecule has 0 amide bonds. The van der Waals surface area contributed by atoms with E-state index in [1.54, 1.807) is 25.2 Å². The fourth-order valence-electron chi connectivity index (χ4n) is 3.50. The Bertz CT molecular complexity index is 1360. The van der Waals surface area contributed by atoms with Gasteiger partial charge in [0.2, 0.25) is 21.0 Å². The van der Waals surface area contributed by atoms with Crippen LogP contribution < -0.4 is 5.32 Å². The summed E-state index contributed by atoms with van der Waals surface area (Å²) in [6, 6.07) is 10.0. The van der Waals surface area contributed by atoms with E-state index in [4.69, 9.17) is 28.6 Å². The van der Waals surface area contributed by atoms with Crippen LogP contribution >= 0.6 is 23.8 Å². The van der Waals surface area contributed by atoms with Crippen LogP contribution in [0.3, 0.4) is 0 Å². The summed E-state index contributed by atoms with van der Waals surface area (Å²) in [6.07, 6.45) is 0. The van der Waals surface area contributed by atoms with Crippen molar-refractivity contribution in [1.29, 1.82) is 0 Å². The van der Waals surface area contributed by atoms with E-state index in [1.807, 2.05) is 13.0 Å². The molecule has 0 bridgehead atoms. The number of nitrogens with one attached hydrogen (secondary N) is 1. The fraction of sp³-hybridized carbons (Fsp3) is 0.286. The summed E-state index contributed by atoms with van der Waals surface area (Å²) in [7, 11) is -2.06. The van der Waals surface area contributed by atoms with Crippen molar-refractivity contribution in [2.45, 2.75) is 11.8 Å². The molecule has 2 heterocycles. The maximum atomic E-state index is 13.1. The average Bonchev–Trinajstić information content (AvgIpc) is 3.04. The van der Waals surface area contributed by atoms with Gasteiger partial charge < -0.3 is 19.7 Å². The van der Waals surface area contributed by atoms with Gasteiger partial charge in [0.05, 0.1) is 23.6 Å². The van der Waals surface area contributed by atoms with Crippen molar-refractivity contribution in [2.24, 2.45) is 17.3 Å². The SMILES string of the molecule is Cc1ccc(NC(=S)N=Nc2c(O)n(C)c3ccc(S(=O)(=O)N4CCOCC4)cc23)cc1Cl. The van der Waals surface area contributed by atoms with Gasteiger partial charge in [-0.05, 0) is 55.0 Å². The zero-order chi connectivity index (χ0) is 23.8. The van der Waals surface area contributed by atoms with Gasteiger partial charge in [0.25, 0.3) is 0 Å². The summed E-state index contributed by atoms with van der Waals surface area (Å²) < 4.78 is 34.3. The summed E-state index contributed by atoms with van der Waals surface area (Å²) in [5.74, 6) is -0.157. The fourth-order valence-corrected chi connectivity index (χ4v) is 5.27. The molecule has 0 radical (unpaired) electrons.